The zero-order chi connectivity index (χ0) is 25.6. The Hall–Kier alpha value is -3.08. The molecule has 184 valence electrons. The molecule has 2 aromatic carbocycles. The van der Waals surface area contributed by atoms with E-state index >= 15 is 0 Å². The first-order chi connectivity index (χ1) is 17.1. The fourth-order valence-electron chi connectivity index (χ4n) is 5.02. The largest absolute Gasteiger partial charge is 0.475 e. The standard InChI is InChI=1S/C30H30Cl2N3O/c1-19(17-30(3,4)5)28-25(36-24-13-6-9-21-10-8-16-33-27(21)24)18-34-20(2)14-15-26(34)35(28)29-22(31)11-7-12-23(29)32/h6-17,25H,18H2,1-5H3/q+1. The molecule has 4 nitrogen and oxygen atoms in total. The third-order valence-electron chi connectivity index (χ3n) is 6.38. The number of halogens is 2. The van der Waals surface area contributed by atoms with Gasteiger partial charge >= 0.3 is 0 Å². The van der Waals surface area contributed by atoms with E-state index in [4.69, 9.17) is 27.9 Å². The number of aromatic nitrogens is 2. The molecule has 0 spiro atoms. The number of nitrogens with zero attached hydrogens (tertiary/aromatic N) is 3. The van der Waals surface area contributed by atoms with Crippen LogP contribution < -0.4 is 9.31 Å². The molecule has 1 aliphatic heterocycles. The average Bonchev–Trinajstić information content (AvgIpc) is 3.18. The number of hydrogen-bond donors (Lipinski definition) is 0. The number of allylic oxidation sites excluding steroid dienone is 1. The van der Waals surface area contributed by atoms with E-state index in [9.17, 15) is 0 Å². The van der Waals surface area contributed by atoms with Gasteiger partial charge in [-0.25, -0.2) is 4.57 Å². The second kappa shape index (κ2) is 9.42. The maximum Gasteiger partial charge on any atom is 0.287 e. The highest BCUT2D eigenvalue weighted by atomic mass is 35.5. The summed E-state index contributed by atoms with van der Waals surface area (Å²) in [4.78, 5) is 4.62. The Labute approximate surface area is 222 Å². The van der Waals surface area contributed by atoms with Gasteiger partial charge in [-0.05, 0) is 55.2 Å². The average molecular weight is 519 g/mol. The quantitative estimate of drug-likeness (QED) is 0.254. The van der Waals surface area contributed by atoms with Crippen molar-refractivity contribution in [1.29, 1.82) is 0 Å². The normalized spacial score (nSPS) is 16.4. The first-order valence-electron chi connectivity index (χ1n) is 12.1. The van der Waals surface area contributed by atoms with Gasteiger partial charge in [0.2, 0.25) is 0 Å². The van der Waals surface area contributed by atoms with Crippen LogP contribution in [-0.4, -0.2) is 21.4 Å². The van der Waals surface area contributed by atoms with Crippen LogP contribution in [0.15, 0.2) is 78.5 Å². The summed E-state index contributed by atoms with van der Waals surface area (Å²) in [5.41, 5.74) is 4.82. The molecule has 3 heterocycles. The number of rotatable bonds is 4. The Bertz CT molecular complexity index is 1500. The van der Waals surface area contributed by atoms with Gasteiger partial charge in [-0.15, -0.1) is 0 Å². The van der Waals surface area contributed by atoms with Crippen molar-refractivity contribution in [2.24, 2.45) is 5.41 Å². The van der Waals surface area contributed by atoms with Crippen molar-refractivity contribution in [2.75, 3.05) is 0 Å². The van der Waals surface area contributed by atoms with Crippen LogP contribution in [-0.2, 0) is 6.54 Å². The Balaban J connectivity index is 1.80. The lowest BCUT2D eigenvalue weighted by Gasteiger charge is -2.29. The molecule has 1 unspecified atom stereocenters. The van der Waals surface area contributed by atoms with E-state index in [1.165, 1.54) is 0 Å². The first-order valence-corrected chi connectivity index (χ1v) is 12.9. The number of benzene rings is 2. The van der Waals surface area contributed by atoms with E-state index in [1.807, 2.05) is 36.4 Å². The van der Waals surface area contributed by atoms with Gasteiger partial charge in [0.25, 0.3) is 5.82 Å². The topological polar surface area (TPSA) is 30.1 Å². The maximum absolute atomic E-state index is 6.84. The summed E-state index contributed by atoms with van der Waals surface area (Å²) in [5, 5.41) is 2.21. The predicted molar refractivity (Wildman–Crippen MR) is 151 cm³/mol. The van der Waals surface area contributed by atoms with Crippen molar-refractivity contribution in [3.05, 3.63) is 94.2 Å². The lowest BCUT2D eigenvalue weighted by molar-refractivity contribution is 0.239. The minimum Gasteiger partial charge on any atom is -0.475 e. The van der Waals surface area contributed by atoms with Crippen molar-refractivity contribution in [2.45, 2.75) is 47.3 Å². The van der Waals surface area contributed by atoms with Crippen LogP contribution in [0.25, 0.3) is 10.9 Å². The van der Waals surface area contributed by atoms with Crippen LogP contribution in [0.5, 0.6) is 5.75 Å². The Morgan fingerprint density at radius 3 is 2.44 bits per heavy atom. The monoisotopic (exact) mass is 518 g/mol. The minimum absolute atomic E-state index is 0.0338. The van der Waals surface area contributed by atoms with Crippen LogP contribution >= 0.6 is 23.2 Å². The van der Waals surface area contributed by atoms with Gasteiger partial charge in [0.1, 0.15) is 23.5 Å². The number of ether oxygens (including phenoxy) is 1. The SMILES string of the molecule is CC(=CC(C)(C)C)C1=[N+](c2c(Cl)cccc2Cl)c2ccc(C)n2CC1Oc1cccc2cccnc12. The Kier molecular flexibility index (Phi) is 6.44. The molecule has 5 rings (SSSR count). The van der Waals surface area contributed by atoms with Crippen molar-refractivity contribution in [3.63, 3.8) is 0 Å². The number of aryl methyl sites for hydroxylation is 1. The molecule has 0 fully saturated rings. The van der Waals surface area contributed by atoms with Crippen molar-refractivity contribution >= 4 is 51.3 Å². The fraction of sp³-hybridized carbons (Fsp3) is 0.267. The van der Waals surface area contributed by atoms with Crippen LogP contribution in [0.2, 0.25) is 10.0 Å². The summed E-state index contributed by atoms with van der Waals surface area (Å²) < 4.78 is 11.3. The molecule has 6 heteroatoms. The molecule has 1 aliphatic rings. The molecule has 1 atom stereocenters. The predicted octanol–water partition coefficient (Wildman–Crippen LogP) is 8.38. The fourth-order valence-corrected chi connectivity index (χ4v) is 5.58. The van der Waals surface area contributed by atoms with Gasteiger partial charge in [-0.3, -0.25) is 4.98 Å². The van der Waals surface area contributed by atoms with Gasteiger partial charge in [0, 0.05) is 17.6 Å². The molecular formula is C30H30Cl2N3O+. The minimum atomic E-state index is -0.304. The summed E-state index contributed by atoms with van der Waals surface area (Å²) in [7, 11) is 0. The molecule has 0 bridgehead atoms. The van der Waals surface area contributed by atoms with Gasteiger partial charge in [0.05, 0.1) is 10.0 Å². The molecule has 2 aromatic heterocycles. The number of fused-ring (bicyclic) bond motifs is 2. The number of para-hydroxylation sites is 2. The lowest BCUT2D eigenvalue weighted by atomic mass is 9.90. The molecule has 4 aromatic rings. The highest BCUT2D eigenvalue weighted by Gasteiger charge is 2.39. The molecule has 0 saturated carbocycles. The van der Waals surface area contributed by atoms with Gasteiger partial charge in [-0.1, -0.05) is 74.3 Å². The highest BCUT2D eigenvalue weighted by molar-refractivity contribution is 6.39. The first kappa shape index (κ1) is 24.6. The molecule has 0 saturated heterocycles. The molecule has 36 heavy (non-hydrogen) atoms. The Morgan fingerprint density at radius 1 is 1.03 bits per heavy atom. The van der Waals surface area contributed by atoms with Crippen molar-refractivity contribution < 1.29 is 4.74 Å². The summed E-state index contributed by atoms with van der Waals surface area (Å²) in [5.74, 6) is 1.76. The van der Waals surface area contributed by atoms with Crippen LogP contribution in [0.3, 0.4) is 0 Å². The zero-order valence-corrected chi connectivity index (χ0v) is 22.7. The molecule has 0 amide bonds. The summed E-state index contributed by atoms with van der Waals surface area (Å²) in [6.07, 6.45) is 3.78. The van der Waals surface area contributed by atoms with E-state index in [-0.39, 0.29) is 11.5 Å². The van der Waals surface area contributed by atoms with Crippen LogP contribution in [0.1, 0.15) is 33.4 Å². The second-order valence-electron chi connectivity index (χ2n) is 10.4. The highest BCUT2D eigenvalue weighted by Crippen LogP contribution is 2.39. The lowest BCUT2D eigenvalue weighted by Crippen LogP contribution is -2.43. The third kappa shape index (κ3) is 4.56. The van der Waals surface area contributed by atoms with Gasteiger partial charge in [0.15, 0.2) is 17.5 Å². The van der Waals surface area contributed by atoms with Crippen molar-refractivity contribution in [1.82, 2.24) is 14.1 Å². The third-order valence-corrected chi connectivity index (χ3v) is 6.99. The van der Waals surface area contributed by atoms with Gasteiger partial charge < -0.3 is 4.74 Å². The Morgan fingerprint density at radius 2 is 1.72 bits per heavy atom. The van der Waals surface area contributed by atoms with E-state index in [1.54, 1.807) is 6.20 Å². The van der Waals surface area contributed by atoms with E-state index in [0.717, 1.165) is 45.1 Å². The van der Waals surface area contributed by atoms with E-state index < -0.39 is 0 Å². The van der Waals surface area contributed by atoms with Crippen LogP contribution in [0.4, 0.5) is 11.5 Å². The smallest absolute Gasteiger partial charge is 0.287 e. The summed E-state index contributed by atoms with van der Waals surface area (Å²) in [6.45, 7) is 11.5. The molecule has 0 aliphatic carbocycles. The number of hydrogen-bond acceptors (Lipinski definition) is 2. The van der Waals surface area contributed by atoms with Crippen molar-refractivity contribution in [3.8, 4) is 5.75 Å². The van der Waals surface area contributed by atoms with E-state index in [2.05, 4.69) is 79.1 Å². The molecule has 0 radical (unpaired) electrons. The molecular weight excluding hydrogens is 489 g/mol. The maximum atomic E-state index is 6.84. The van der Waals surface area contributed by atoms with E-state index in [0.29, 0.717) is 16.6 Å². The number of pyridine rings is 1. The second-order valence-corrected chi connectivity index (χ2v) is 11.2. The zero-order valence-electron chi connectivity index (χ0n) is 21.2. The summed E-state index contributed by atoms with van der Waals surface area (Å²) in [6, 6.07) is 19.9. The van der Waals surface area contributed by atoms with Gasteiger partial charge in [-0.2, -0.15) is 4.58 Å². The summed E-state index contributed by atoms with van der Waals surface area (Å²) >= 11 is 13.6. The molecule has 0 N–H and O–H groups in total. The van der Waals surface area contributed by atoms with Crippen LogP contribution in [0, 0.1) is 12.3 Å².